The summed E-state index contributed by atoms with van der Waals surface area (Å²) in [5.41, 5.74) is -5.53. The molecular formula is C10H18Cl2F3NO5S. The van der Waals surface area contributed by atoms with E-state index in [2.05, 4.69) is 0 Å². The van der Waals surface area contributed by atoms with Crippen LogP contribution in [0.5, 0.6) is 0 Å². The lowest BCUT2D eigenvalue weighted by Crippen LogP contribution is -2.42. The number of ether oxygens (including phenoxy) is 1. The SMILES string of the molecule is CCOC(=O)[C@@H](C)N(CCCl)CCCl.O=S(=O)(O)C(F)(F)F. The summed E-state index contributed by atoms with van der Waals surface area (Å²) in [6.45, 7) is 5.29. The van der Waals surface area contributed by atoms with Crippen LogP contribution in [0, 0.1) is 0 Å². The second-order valence-electron chi connectivity index (χ2n) is 3.76. The molecule has 0 aromatic rings. The Hall–Kier alpha value is -0.290. The molecule has 0 aliphatic rings. The van der Waals surface area contributed by atoms with Gasteiger partial charge in [0.25, 0.3) is 0 Å². The lowest BCUT2D eigenvalue weighted by molar-refractivity contribution is -0.148. The number of carbonyl (C=O) groups excluding carboxylic acids is 1. The molecule has 0 aromatic heterocycles. The number of hydrogen-bond acceptors (Lipinski definition) is 5. The first-order valence-electron chi connectivity index (χ1n) is 5.98. The Morgan fingerprint density at radius 2 is 1.64 bits per heavy atom. The molecule has 134 valence electrons. The van der Waals surface area contributed by atoms with Gasteiger partial charge in [0.1, 0.15) is 6.04 Å². The Labute approximate surface area is 137 Å². The predicted molar refractivity (Wildman–Crippen MR) is 76.7 cm³/mol. The van der Waals surface area contributed by atoms with Gasteiger partial charge in [-0.25, -0.2) is 0 Å². The summed E-state index contributed by atoms with van der Waals surface area (Å²) in [6, 6.07) is -0.271. The minimum Gasteiger partial charge on any atom is -0.465 e. The Morgan fingerprint density at radius 1 is 1.27 bits per heavy atom. The minimum atomic E-state index is -5.84. The number of rotatable bonds is 7. The molecule has 0 unspecified atom stereocenters. The summed E-state index contributed by atoms with van der Waals surface area (Å²) in [6.07, 6.45) is 0. The molecule has 0 amide bonds. The maximum absolute atomic E-state index is 11.4. The van der Waals surface area contributed by atoms with Crippen LogP contribution in [0.15, 0.2) is 0 Å². The molecule has 0 fully saturated rings. The van der Waals surface area contributed by atoms with Gasteiger partial charge in [0.2, 0.25) is 0 Å². The number of halogens is 5. The third-order valence-electron chi connectivity index (χ3n) is 2.21. The van der Waals surface area contributed by atoms with Crippen LogP contribution in [0.3, 0.4) is 0 Å². The standard InChI is InChI=1S/C9H17Cl2NO2.CHF3O3S/c1-3-14-9(13)8(2)12(6-4-10)7-5-11;2-1(3,4)8(5,6)7/h8H,3-7H2,1-2H3;(H,5,6,7)/t8-;/m1./s1. The van der Waals surface area contributed by atoms with Crippen LogP contribution in [0.2, 0.25) is 0 Å². The molecule has 0 bridgehead atoms. The summed E-state index contributed by atoms with van der Waals surface area (Å²) in [4.78, 5) is 13.3. The predicted octanol–water partition coefficient (Wildman–Crippen LogP) is 2.11. The minimum absolute atomic E-state index is 0.220. The molecule has 0 spiro atoms. The lowest BCUT2D eigenvalue weighted by Gasteiger charge is -2.25. The fourth-order valence-corrected chi connectivity index (χ4v) is 1.56. The van der Waals surface area contributed by atoms with Crippen molar-refractivity contribution in [3.63, 3.8) is 0 Å². The van der Waals surface area contributed by atoms with Crippen LogP contribution >= 0.6 is 23.2 Å². The van der Waals surface area contributed by atoms with E-state index in [1.54, 1.807) is 13.8 Å². The van der Waals surface area contributed by atoms with Crippen molar-refractivity contribution in [2.24, 2.45) is 0 Å². The third kappa shape index (κ3) is 10.4. The van der Waals surface area contributed by atoms with Gasteiger partial charge in [0.05, 0.1) is 6.61 Å². The first-order valence-corrected chi connectivity index (χ1v) is 8.49. The normalized spacial score (nSPS) is 13.3. The maximum Gasteiger partial charge on any atom is 0.522 e. The van der Waals surface area contributed by atoms with Crippen LogP contribution in [0.4, 0.5) is 13.2 Å². The molecule has 0 saturated carbocycles. The van der Waals surface area contributed by atoms with Crippen molar-refractivity contribution < 1.29 is 35.7 Å². The Kier molecular flexibility index (Phi) is 12.3. The molecule has 0 aliphatic carbocycles. The molecule has 0 radical (unpaired) electrons. The summed E-state index contributed by atoms with van der Waals surface area (Å²) in [5, 5.41) is 0. The first kappa shape index (κ1) is 24.0. The van der Waals surface area contributed by atoms with Crippen LogP contribution in [-0.2, 0) is 19.6 Å². The highest BCUT2D eigenvalue weighted by molar-refractivity contribution is 7.86. The number of alkyl halides is 5. The van der Waals surface area contributed by atoms with E-state index >= 15 is 0 Å². The second kappa shape index (κ2) is 11.3. The van der Waals surface area contributed by atoms with Crippen molar-refractivity contribution in [2.45, 2.75) is 25.4 Å². The van der Waals surface area contributed by atoms with Crippen molar-refractivity contribution in [3.8, 4) is 0 Å². The van der Waals surface area contributed by atoms with Crippen LogP contribution in [-0.4, -0.2) is 66.8 Å². The summed E-state index contributed by atoms with van der Waals surface area (Å²) in [7, 11) is -5.84. The maximum atomic E-state index is 11.4. The molecule has 6 nitrogen and oxygen atoms in total. The average Bonchev–Trinajstić information content (AvgIpc) is 2.36. The molecule has 0 aromatic carbocycles. The molecule has 1 N–H and O–H groups in total. The molecular weight excluding hydrogens is 374 g/mol. The van der Waals surface area contributed by atoms with Gasteiger partial charge in [-0.3, -0.25) is 14.2 Å². The van der Waals surface area contributed by atoms with E-state index in [1.165, 1.54) is 0 Å². The number of nitrogens with zero attached hydrogens (tertiary/aromatic N) is 1. The highest BCUT2D eigenvalue weighted by Crippen LogP contribution is 2.20. The van der Waals surface area contributed by atoms with Crippen molar-refractivity contribution in [2.75, 3.05) is 31.5 Å². The van der Waals surface area contributed by atoms with Gasteiger partial charge in [-0.1, -0.05) is 0 Å². The zero-order valence-corrected chi connectivity index (χ0v) is 14.3. The average molecular weight is 392 g/mol. The lowest BCUT2D eigenvalue weighted by atomic mass is 10.3. The smallest absolute Gasteiger partial charge is 0.465 e. The molecule has 12 heteroatoms. The molecule has 0 rings (SSSR count). The molecule has 0 heterocycles. The third-order valence-corrected chi connectivity index (χ3v) is 3.13. The van der Waals surface area contributed by atoms with E-state index in [0.717, 1.165) is 0 Å². The van der Waals surface area contributed by atoms with Gasteiger partial charge >= 0.3 is 21.6 Å². The highest BCUT2D eigenvalue weighted by atomic mass is 35.5. The Balaban J connectivity index is 0. The van der Waals surface area contributed by atoms with E-state index in [0.29, 0.717) is 31.5 Å². The van der Waals surface area contributed by atoms with Gasteiger partial charge in [-0.2, -0.15) is 21.6 Å². The largest absolute Gasteiger partial charge is 0.522 e. The number of esters is 1. The van der Waals surface area contributed by atoms with Crippen molar-refractivity contribution in [3.05, 3.63) is 0 Å². The van der Waals surface area contributed by atoms with Gasteiger partial charge in [0, 0.05) is 24.8 Å². The van der Waals surface area contributed by atoms with Crippen molar-refractivity contribution >= 4 is 39.3 Å². The van der Waals surface area contributed by atoms with Crippen molar-refractivity contribution in [1.82, 2.24) is 4.90 Å². The first-order chi connectivity index (χ1) is 9.92. The fraction of sp³-hybridized carbons (Fsp3) is 0.900. The van der Waals surface area contributed by atoms with Crippen LogP contribution in [0.25, 0.3) is 0 Å². The quantitative estimate of drug-likeness (QED) is 0.309. The summed E-state index contributed by atoms with van der Waals surface area (Å²) < 4.78 is 62.5. The zero-order valence-electron chi connectivity index (χ0n) is 11.9. The van der Waals surface area contributed by atoms with E-state index in [-0.39, 0.29) is 12.0 Å². The van der Waals surface area contributed by atoms with Gasteiger partial charge in [0.15, 0.2) is 0 Å². The number of hydrogen-bond donors (Lipinski definition) is 1. The van der Waals surface area contributed by atoms with Crippen molar-refractivity contribution in [1.29, 1.82) is 0 Å². The van der Waals surface area contributed by atoms with Crippen LogP contribution < -0.4 is 0 Å². The zero-order chi connectivity index (χ0) is 18.0. The Bertz CT molecular complexity index is 413. The van der Waals surface area contributed by atoms with E-state index in [1.807, 2.05) is 4.90 Å². The van der Waals surface area contributed by atoms with E-state index in [9.17, 15) is 18.0 Å². The second-order valence-corrected chi connectivity index (χ2v) is 5.93. The van der Waals surface area contributed by atoms with Gasteiger partial charge in [-0.05, 0) is 13.8 Å². The molecule has 0 saturated heterocycles. The fourth-order valence-electron chi connectivity index (χ4n) is 1.13. The van der Waals surface area contributed by atoms with E-state index < -0.39 is 15.6 Å². The highest BCUT2D eigenvalue weighted by Gasteiger charge is 2.44. The van der Waals surface area contributed by atoms with Gasteiger partial charge in [-0.15, -0.1) is 23.2 Å². The molecule has 22 heavy (non-hydrogen) atoms. The topological polar surface area (TPSA) is 83.9 Å². The van der Waals surface area contributed by atoms with E-state index in [4.69, 9.17) is 40.9 Å². The van der Waals surface area contributed by atoms with Crippen LogP contribution in [0.1, 0.15) is 13.8 Å². The van der Waals surface area contributed by atoms with Gasteiger partial charge < -0.3 is 4.74 Å². The number of carbonyl (C=O) groups is 1. The molecule has 1 atom stereocenters. The summed E-state index contributed by atoms with van der Waals surface area (Å²) in [5.74, 6) is 0.754. The summed E-state index contributed by atoms with van der Waals surface area (Å²) >= 11 is 11.2. The molecule has 0 aliphatic heterocycles. The Morgan fingerprint density at radius 3 is 1.86 bits per heavy atom. The monoisotopic (exact) mass is 391 g/mol.